The highest BCUT2D eigenvalue weighted by Crippen LogP contribution is 2.22. The van der Waals surface area contributed by atoms with Gasteiger partial charge in [-0.3, -0.25) is 9.59 Å². The molecule has 0 aliphatic heterocycles. The van der Waals surface area contributed by atoms with Gasteiger partial charge in [0.25, 0.3) is 5.91 Å². The second-order valence-electron chi connectivity index (χ2n) is 5.58. The SMILES string of the molecule is CN(CCOc1ccccc1Cl)C(=O)CCNC(=O)c1ccccc1Cl. The molecule has 0 atom stereocenters. The maximum Gasteiger partial charge on any atom is 0.252 e. The predicted octanol–water partition coefficient (Wildman–Crippen LogP) is 3.65. The van der Waals surface area contributed by atoms with Crippen LogP contribution in [0.4, 0.5) is 0 Å². The van der Waals surface area contributed by atoms with Crippen LogP contribution in [0.15, 0.2) is 48.5 Å². The fraction of sp³-hybridized carbons (Fsp3) is 0.263. The highest BCUT2D eigenvalue weighted by molar-refractivity contribution is 6.33. The van der Waals surface area contributed by atoms with Gasteiger partial charge in [0.2, 0.25) is 5.91 Å². The Morgan fingerprint density at radius 1 is 1.04 bits per heavy atom. The number of amides is 2. The number of nitrogens with zero attached hydrogens (tertiary/aromatic N) is 1. The number of halogens is 2. The van der Waals surface area contributed by atoms with Crippen molar-refractivity contribution in [3.05, 3.63) is 64.1 Å². The van der Waals surface area contributed by atoms with Crippen LogP contribution in [0.25, 0.3) is 0 Å². The van der Waals surface area contributed by atoms with E-state index in [0.29, 0.717) is 34.5 Å². The number of para-hydroxylation sites is 1. The van der Waals surface area contributed by atoms with Gasteiger partial charge in [0.05, 0.1) is 22.2 Å². The zero-order valence-electron chi connectivity index (χ0n) is 14.4. The topological polar surface area (TPSA) is 58.6 Å². The summed E-state index contributed by atoms with van der Waals surface area (Å²) in [7, 11) is 1.69. The van der Waals surface area contributed by atoms with E-state index in [0.717, 1.165) is 0 Å². The van der Waals surface area contributed by atoms with E-state index in [1.807, 2.05) is 12.1 Å². The molecule has 138 valence electrons. The lowest BCUT2D eigenvalue weighted by molar-refractivity contribution is -0.130. The Labute approximate surface area is 162 Å². The monoisotopic (exact) mass is 394 g/mol. The first-order valence-electron chi connectivity index (χ1n) is 8.13. The molecule has 0 heterocycles. The van der Waals surface area contributed by atoms with Crippen molar-refractivity contribution in [1.29, 1.82) is 0 Å². The number of benzene rings is 2. The second-order valence-corrected chi connectivity index (χ2v) is 6.39. The second kappa shape index (κ2) is 10.0. The number of carbonyl (C=O) groups excluding carboxylic acids is 2. The third-order valence-electron chi connectivity index (χ3n) is 3.69. The molecule has 1 N–H and O–H groups in total. The van der Waals surface area contributed by atoms with E-state index in [9.17, 15) is 9.59 Å². The first-order valence-corrected chi connectivity index (χ1v) is 8.88. The number of hydrogen-bond acceptors (Lipinski definition) is 3. The van der Waals surface area contributed by atoms with Crippen molar-refractivity contribution in [2.24, 2.45) is 0 Å². The number of carbonyl (C=O) groups is 2. The molecule has 0 bridgehead atoms. The van der Waals surface area contributed by atoms with Gasteiger partial charge in [-0.05, 0) is 24.3 Å². The Morgan fingerprint density at radius 2 is 1.69 bits per heavy atom. The van der Waals surface area contributed by atoms with Gasteiger partial charge in [0, 0.05) is 20.0 Å². The largest absolute Gasteiger partial charge is 0.490 e. The lowest BCUT2D eigenvalue weighted by atomic mass is 10.2. The molecule has 0 aromatic heterocycles. The summed E-state index contributed by atoms with van der Waals surface area (Å²) < 4.78 is 5.56. The Hall–Kier alpha value is -2.24. The molecular weight excluding hydrogens is 375 g/mol. The van der Waals surface area contributed by atoms with Gasteiger partial charge in [0.15, 0.2) is 0 Å². The van der Waals surface area contributed by atoms with Gasteiger partial charge < -0.3 is 15.0 Å². The van der Waals surface area contributed by atoms with Crippen molar-refractivity contribution in [2.75, 3.05) is 26.7 Å². The number of ether oxygens (including phenoxy) is 1. The maximum atomic E-state index is 12.1. The van der Waals surface area contributed by atoms with E-state index in [2.05, 4.69) is 5.32 Å². The van der Waals surface area contributed by atoms with E-state index >= 15 is 0 Å². The number of likely N-dealkylation sites (N-methyl/N-ethyl adjacent to an activating group) is 1. The van der Waals surface area contributed by atoms with Crippen LogP contribution >= 0.6 is 23.2 Å². The van der Waals surface area contributed by atoms with E-state index in [1.54, 1.807) is 48.3 Å². The highest BCUT2D eigenvalue weighted by Gasteiger charge is 2.12. The number of rotatable bonds is 8. The molecule has 0 radical (unpaired) electrons. The Bertz CT molecular complexity index is 768. The Morgan fingerprint density at radius 3 is 2.38 bits per heavy atom. The van der Waals surface area contributed by atoms with Gasteiger partial charge in [-0.25, -0.2) is 0 Å². The highest BCUT2D eigenvalue weighted by atomic mass is 35.5. The normalized spacial score (nSPS) is 10.3. The molecule has 5 nitrogen and oxygen atoms in total. The van der Waals surface area contributed by atoms with Crippen LogP contribution in [0, 0.1) is 0 Å². The number of hydrogen-bond donors (Lipinski definition) is 1. The Balaban J connectivity index is 1.69. The first kappa shape index (κ1) is 20.1. The van der Waals surface area contributed by atoms with E-state index in [4.69, 9.17) is 27.9 Å². The minimum Gasteiger partial charge on any atom is -0.490 e. The number of nitrogens with one attached hydrogen (secondary N) is 1. The van der Waals surface area contributed by atoms with Crippen LogP contribution in [-0.2, 0) is 4.79 Å². The van der Waals surface area contributed by atoms with E-state index in [1.165, 1.54) is 0 Å². The maximum absolute atomic E-state index is 12.1. The fourth-order valence-electron chi connectivity index (χ4n) is 2.19. The minimum absolute atomic E-state index is 0.0905. The van der Waals surface area contributed by atoms with Crippen molar-refractivity contribution < 1.29 is 14.3 Å². The molecule has 0 unspecified atom stereocenters. The third-order valence-corrected chi connectivity index (χ3v) is 4.33. The molecule has 2 rings (SSSR count). The standard InChI is InChI=1S/C19H20Cl2N2O3/c1-23(12-13-26-17-9-5-4-8-16(17)21)18(24)10-11-22-19(25)14-6-2-3-7-15(14)20/h2-9H,10-13H2,1H3,(H,22,25). The zero-order valence-corrected chi connectivity index (χ0v) is 15.9. The lowest BCUT2D eigenvalue weighted by Crippen LogP contribution is -2.34. The van der Waals surface area contributed by atoms with Gasteiger partial charge in [-0.1, -0.05) is 47.5 Å². The molecule has 0 fully saturated rings. The summed E-state index contributed by atoms with van der Waals surface area (Å²) in [6.07, 6.45) is 0.193. The molecule has 0 aliphatic carbocycles. The molecule has 0 saturated carbocycles. The minimum atomic E-state index is -0.298. The molecular formula is C19H20Cl2N2O3. The fourth-order valence-corrected chi connectivity index (χ4v) is 2.61. The van der Waals surface area contributed by atoms with Crippen molar-refractivity contribution >= 4 is 35.0 Å². The molecule has 7 heteroatoms. The predicted molar refractivity (Wildman–Crippen MR) is 103 cm³/mol. The zero-order chi connectivity index (χ0) is 18.9. The van der Waals surface area contributed by atoms with Crippen molar-refractivity contribution in [2.45, 2.75) is 6.42 Å². The van der Waals surface area contributed by atoms with Crippen LogP contribution in [0.1, 0.15) is 16.8 Å². The van der Waals surface area contributed by atoms with Crippen LogP contribution in [0.2, 0.25) is 10.0 Å². The summed E-state index contributed by atoms with van der Waals surface area (Å²) in [5, 5.41) is 3.61. The van der Waals surface area contributed by atoms with Crippen LogP contribution < -0.4 is 10.1 Å². The van der Waals surface area contributed by atoms with Crippen LogP contribution in [0.3, 0.4) is 0 Å². The van der Waals surface area contributed by atoms with Gasteiger partial charge in [0.1, 0.15) is 12.4 Å². The summed E-state index contributed by atoms with van der Waals surface area (Å²) in [5.41, 5.74) is 0.392. The molecule has 2 aromatic carbocycles. The lowest BCUT2D eigenvalue weighted by Gasteiger charge is -2.18. The molecule has 0 spiro atoms. The summed E-state index contributed by atoms with van der Waals surface area (Å²) >= 11 is 12.0. The summed E-state index contributed by atoms with van der Waals surface area (Å²) in [6.45, 7) is 0.985. The van der Waals surface area contributed by atoms with Crippen molar-refractivity contribution in [3.63, 3.8) is 0 Å². The third kappa shape index (κ3) is 5.93. The average Bonchev–Trinajstić information content (AvgIpc) is 2.63. The summed E-state index contributed by atoms with van der Waals surface area (Å²) in [4.78, 5) is 25.7. The smallest absolute Gasteiger partial charge is 0.252 e. The van der Waals surface area contributed by atoms with Crippen LogP contribution in [0.5, 0.6) is 5.75 Å². The molecule has 2 amide bonds. The quantitative estimate of drug-likeness (QED) is 0.743. The Kier molecular flexibility index (Phi) is 7.75. The molecule has 2 aromatic rings. The van der Waals surface area contributed by atoms with Crippen molar-refractivity contribution in [1.82, 2.24) is 10.2 Å². The van der Waals surface area contributed by atoms with Gasteiger partial charge in [-0.15, -0.1) is 0 Å². The van der Waals surface area contributed by atoms with Gasteiger partial charge in [-0.2, -0.15) is 0 Å². The average molecular weight is 395 g/mol. The summed E-state index contributed by atoms with van der Waals surface area (Å²) in [5.74, 6) is 0.197. The molecule has 0 saturated heterocycles. The van der Waals surface area contributed by atoms with E-state index in [-0.39, 0.29) is 24.8 Å². The van der Waals surface area contributed by atoms with Crippen molar-refractivity contribution in [3.8, 4) is 5.75 Å². The van der Waals surface area contributed by atoms with E-state index < -0.39 is 0 Å². The van der Waals surface area contributed by atoms with Gasteiger partial charge >= 0.3 is 0 Å². The molecule has 26 heavy (non-hydrogen) atoms. The summed E-state index contributed by atoms with van der Waals surface area (Å²) in [6, 6.07) is 13.9. The molecule has 0 aliphatic rings. The first-order chi connectivity index (χ1) is 12.5. The van der Waals surface area contributed by atoms with Crippen LogP contribution in [-0.4, -0.2) is 43.5 Å².